The van der Waals surface area contributed by atoms with Gasteiger partial charge < -0.3 is 15.8 Å². The van der Waals surface area contributed by atoms with E-state index < -0.39 is 6.09 Å². The fraction of sp³-hybridized carbons (Fsp3) is 0.250. The Morgan fingerprint density at radius 2 is 2.47 bits per heavy atom. The highest BCUT2D eigenvalue weighted by Gasteiger charge is 2.01. The molecule has 17 heavy (non-hydrogen) atoms. The monoisotopic (exact) mass is 238 g/mol. The third-order valence-corrected chi connectivity index (χ3v) is 1.96. The van der Waals surface area contributed by atoms with Gasteiger partial charge in [-0.15, -0.1) is 0 Å². The summed E-state index contributed by atoms with van der Waals surface area (Å²) in [5, 5.41) is 8.95. The molecule has 0 unspecified atom stereocenters. The Morgan fingerprint density at radius 3 is 3.24 bits per heavy atom. The molecule has 0 saturated carbocycles. The number of H-pyrrole nitrogens is 1. The molecule has 2 rings (SSSR count). The molecule has 0 aliphatic rings. The average Bonchev–Trinajstić information content (AvgIpc) is 2.66. The van der Waals surface area contributed by atoms with Crippen molar-refractivity contribution in [1.82, 2.24) is 19.6 Å². The van der Waals surface area contributed by atoms with Crippen LogP contribution in [0.2, 0.25) is 0 Å². The lowest BCUT2D eigenvalue weighted by molar-refractivity contribution is 0.161. The summed E-state index contributed by atoms with van der Waals surface area (Å²) < 4.78 is 5.80. The van der Waals surface area contributed by atoms with Crippen LogP contribution in [0.25, 0.3) is 5.65 Å². The van der Waals surface area contributed by atoms with Crippen molar-refractivity contribution in [2.45, 2.75) is 0 Å². The van der Waals surface area contributed by atoms with Gasteiger partial charge in [0.05, 0.1) is 6.54 Å². The van der Waals surface area contributed by atoms with Gasteiger partial charge in [-0.05, 0) is 0 Å². The van der Waals surface area contributed by atoms with Crippen LogP contribution in [0.4, 0.5) is 10.6 Å². The zero-order valence-corrected chi connectivity index (χ0v) is 8.71. The first-order valence-corrected chi connectivity index (χ1v) is 4.76. The normalized spacial score (nSPS) is 10.4. The van der Waals surface area contributed by atoms with Crippen LogP contribution in [0.5, 0.6) is 0 Å². The summed E-state index contributed by atoms with van der Waals surface area (Å²) in [6.45, 7) is 0.496. The van der Waals surface area contributed by atoms with Crippen molar-refractivity contribution in [3.05, 3.63) is 22.9 Å². The van der Waals surface area contributed by atoms with Crippen LogP contribution < -0.4 is 16.7 Å². The van der Waals surface area contributed by atoms with E-state index >= 15 is 0 Å². The van der Waals surface area contributed by atoms with Gasteiger partial charge in [-0.2, -0.15) is 5.10 Å². The molecule has 1 amide bonds. The van der Waals surface area contributed by atoms with E-state index in [1.165, 1.54) is 10.7 Å². The number of aromatic amines is 1. The number of carbonyl (C=O) groups is 1. The number of ether oxygens (including phenoxy) is 1. The Kier molecular flexibility index (Phi) is 2.90. The molecular weight excluding hydrogens is 228 g/mol. The van der Waals surface area contributed by atoms with Gasteiger partial charge in [-0.25, -0.2) is 24.1 Å². The molecule has 0 bridgehead atoms. The predicted molar refractivity (Wildman–Crippen MR) is 57.6 cm³/mol. The molecule has 0 atom stereocenters. The summed E-state index contributed by atoms with van der Waals surface area (Å²) in [6.07, 6.45) is 0.521. The molecule has 0 fully saturated rings. The quantitative estimate of drug-likeness (QED) is 0.581. The van der Waals surface area contributed by atoms with E-state index in [0.717, 1.165) is 0 Å². The summed E-state index contributed by atoms with van der Waals surface area (Å²) >= 11 is 0. The Labute approximate surface area is 94.6 Å². The Balaban J connectivity index is 2.00. The second kappa shape index (κ2) is 4.51. The van der Waals surface area contributed by atoms with E-state index in [0.29, 0.717) is 18.0 Å². The van der Waals surface area contributed by atoms with Crippen molar-refractivity contribution in [2.24, 2.45) is 5.73 Å². The predicted octanol–water partition coefficient (Wildman–Crippen LogP) is -1.08. The smallest absolute Gasteiger partial charge is 0.404 e. The van der Waals surface area contributed by atoms with Crippen LogP contribution in [0, 0.1) is 0 Å². The molecule has 9 heteroatoms. The van der Waals surface area contributed by atoms with Gasteiger partial charge in [0.25, 0.3) is 0 Å². The first-order chi connectivity index (χ1) is 8.16. The summed E-state index contributed by atoms with van der Waals surface area (Å²) in [5.41, 5.74) is 4.89. The largest absolute Gasteiger partial charge is 0.448 e. The zero-order chi connectivity index (χ0) is 12.3. The van der Waals surface area contributed by atoms with E-state index in [4.69, 9.17) is 5.73 Å². The van der Waals surface area contributed by atoms with E-state index in [1.54, 1.807) is 6.07 Å². The van der Waals surface area contributed by atoms with E-state index in [-0.39, 0.29) is 12.3 Å². The maximum atomic E-state index is 11.1. The Morgan fingerprint density at radius 1 is 1.65 bits per heavy atom. The lowest BCUT2D eigenvalue weighted by Crippen LogP contribution is -2.18. The first-order valence-electron chi connectivity index (χ1n) is 4.76. The number of aromatic nitrogens is 4. The second-order valence-electron chi connectivity index (χ2n) is 3.13. The van der Waals surface area contributed by atoms with Crippen molar-refractivity contribution in [3.8, 4) is 0 Å². The lowest BCUT2D eigenvalue weighted by Gasteiger charge is -2.04. The molecule has 2 heterocycles. The topological polar surface area (TPSA) is 127 Å². The van der Waals surface area contributed by atoms with Crippen molar-refractivity contribution < 1.29 is 9.53 Å². The van der Waals surface area contributed by atoms with Crippen LogP contribution in [0.3, 0.4) is 0 Å². The first kappa shape index (κ1) is 10.9. The van der Waals surface area contributed by atoms with Gasteiger partial charge in [0.2, 0.25) is 0 Å². The minimum absolute atomic E-state index is 0.134. The number of carbonyl (C=O) groups excluding carboxylic acids is 1. The molecule has 90 valence electrons. The SMILES string of the molecule is NC(=O)OCCNc1cc2n[nH]c(=O)n2cn1. The van der Waals surface area contributed by atoms with E-state index in [9.17, 15) is 9.59 Å². The fourth-order valence-electron chi connectivity index (χ4n) is 1.24. The van der Waals surface area contributed by atoms with Crippen LogP contribution in [-0.4, -0.2) is 38.8 Å². The van der Waals surface area contributed by atoms with Gasteiger partial charge in [-0.3, -0.25) is 0 Å². The highest BCUT2D eigenvalue weighted by atomic mass is 16.5. The molecule has 2 aromatic rings. The molecule has 0 aromatic carbocycles. The van der Waals surface area contributed by atoms with E-state index in [1.807, 2.05) is 0 Å². The number of nitrogens with zero attached hydrogens (tertiary/aromatic N) is 3. The summed E-state index contributed by atoms with van der Waals surface area (Å²) in [7, 11) is 0. The number of nitrogens with two attached hydrogens (primary N) is 1. The molecule has 0 aliphatic heterocycles. The second-order valence-corrected chi connectivity index (χ2v) is 3.13. The van der Waals surface area contributed by atoms with Crippen LogP contribution in [0.1, 0.15) is 0 Å². The molecule has 0 saturated heterocycles. The molecular formula is C8H10N6O3. The molecule has 2 aromatic heterocycles. The maximum absolute atomic E-state index is 11.1. The third-order valence-electron chi connectivity index (χ3n) is 1.96. The third kappa shape index (κ3) is 2.51. The standard InChI is InChI=1S/C8H10N6O3/c9-7(15)17-2-1-10-5-3-6-12-13-8(16)14(6)4-11-5/h3-4,10H,1-2H2,(H2,9,15)(H,13,16). The summed E-state index contributed by atoms with van der Waals surface area (Å²) in [6, 6.07) is 1.59. The summed E-state index contributed by atoms with van der Waals surface area (Å²) in [4.78, 5) is 25.4. The number of rotatable bonds is 4. The molecule has 0 aliphatic carbocycles. The molecule has 9 nitrogen and oxygen atoms in total. The number of anilines is 1. The molecule has 4 N–H and O–H groups in total. The fourth-order valence-corrected chi connectivity index (χ4v) is 1.24. The van der Waals surface area contributed by atoms with Crippen LogP contribution >= 0.6 is 0 Å². The maximum Gasteiger partial charge on any atom is 0.404 e. The highest BCUT2D eigenvalue weighted by Crippen LogP contribution is 2.03. The van der Waals surface area contributed by atoms with Gasteiger partial charge in [0.1, 0.15) is 18.8 Å². The number of nitrogens with one attached hydrogen (secondary N) is 2. The van der Waals surface area contributed by atoms with Crippen molar-refractivity contribution in [2.75, 3.05) is 18.5 Å². The molecule has 0 radical (unpaired) electrons. The minimum atomic E-state index is -0.825. The Bertz CT molecular complexity index is 588. The zero-order valence-electron chi connectivity index (χ0n) is 8.71. The van der Waals surface area contributed by atoms with Gasteiger partial charge in [0, 0.05) is 6.07 Å². The van der Waals surface area contributed by atoms with Gasteiger partial charge >= 0.3 is 11.8 Å². The minimum Gasteiger partial charge on any atom is -0.448 e. The number of fused-ring (bicyclic) bond motifs is 1. The number of primary amides is 1. The average molecular weight is 238 g/mol. The molecule has 0 spiro atoms. The van der Waals surface area contributed by atoms with Crippen molar-refractivity contribution in [3.63, 3.8) is 0 Å². The van der Waals surface area contributed by atoms with Crippen LogP contribution in [0.15, 0.2) is 17.2 Å². The highest BCUT2D eigenvalue weighted by molar-refractivity contribution is 5.64. The van der Waals surface area contributed by atoms with Crippen molar-refractivity contribution >= 4 is 17.6 Å². The van der Waals surface area contributed by atoms with Crippen LogP contribution in [-0.2, 0) is 4.74 Å². The van der Waals surface area contributed by atoms with E-state index in [2.05, 4.69) is 25.2 Å². The summed E-state index contributed by atoms with van der Waals surface area (Å²) in [5.74, 6) is 0.518. The van der Waals surface area contributed by atoms with Gasteiger partial charge in [0.15, 0.2) is 5.65 Å². The Hall–Kier alpha value is -2.58. The number of hydrogen-bond donors (Lipinski definition) is 3. The van der Waals surface area contributed by atoms with Gasteiger partial charge in [-0.1, -0.05) is 0 Å². The van der Waals surface area contributed by atoms with Crippen molar-refractivity contribution in [1.29, 1.82) is 0 Å². The lowest BCUT2D eigenvalue weighted by atomic mass is 10.5. The number of hydrogen-bond acceptors (Lipinski definition) is 6. The number of amides is 1.